The maximum absolute atomic E-state index is 13.2. The highest BCUT2D eigenvalue weighted by molar-refractivity contribution is 6.30. The second-order valence-electron chi connectivity index (χ2n) is 4.81. The summed E-state index contributed by atoms with van der Waals surface area (Å²) in [6.07, 6.45) is 2.05. The van der Waals surface area contributed by atoms with E-state index in [4.69, 9.17) is 17.4 Å². The highest BCUT2D eigenvalue weighted by atomic mass is 35.5. The van der Waals surface area contributed by atoms with Gasteiger partial charge < -0.3 is 0 Å². The van der Waals surface area contributed by atoms with Crippen LogP contribution in [0.1, 0.15) is 37.3 Å². The zero-order valence-electron chi connectivity index (χ0n) is 11.3. The molecule has 1 aromatic heterocycles. The summed E-state index contributed by atoms with van der Waals surface area (Å²) >= 11 is 5.80. The summed E-state index contributed by atoms with van der Waals surface area (Å²) in [5.74, 6) is 5.95. The van der Waals surface area contributed by atoms with E-state index >= 15 is 0 Å². The lowest BCUT2D eigenvalue weighted by molar-refractivity contribution is 0.468. The van der Waals surface area contributed by atoms with E-state index < -0.39 is 5.82 Å². The SMILES string of the molecule is CC(C)n1ncnc1CC(NN)c1ccc(F)c(Cl)c1. The smallest absolute Gasteiger partial charge is 0.141 e. The molecule has 0 saturated heterocycles. The van der Waals surface area contributed by atoms with E-state index in [1.54, 1.807) is 12.1 Å². The molecule has 7 heteroatoms. The van der Waals surface area contributed by atoms with Gasteiger partial charge in [-0.25, -0.2) is 14.1 Å². The summed E-state index contributed by atoms with van der Waals surface area (Å²) in [7, 11) is 0. The molecule has 5 nitrogen and oxygen atoms in total. The van der Waals surface area contributed by atoms with Crippen molar-refractivity contribution in [3.8, 4) is 0 Å². The van der Waals surface area contributed by atoms with Crippen molar-refractivity contribution in [1.82, 2.24) is 20.2 Å². The van der Waals surface area contributed by atoms with Gasteiger partial charge in [0.25, 0.3) is 0 Å². The van der Waals surface area contributed by atoms with Gasteiger partial charge in [0, 0.05) is 12.5 Å². The number of halogens is 2. The van der Waals surface area contributed by atoms with E-state index in [0.29, 0.717) is 6.42 Å². The number of rotatable bonds is 5. The molecule has 1 atom stereocenters. The average molecular weight is 298 g/mol. The Morgan fingerprint density at radius 2 is 2.20 bits per heavy atom. The van der Waals surface area contributed by atoms with Crippen LogP contribution in [-0.4, -0.2) is 14.8 Å². The van der Waals surface area contributed by atoms with Crippen LogP contribution in [-0.2, 0) is 6.42 Å². The summed E-state index contributed by atoms with van der Waals surface area (Å²) < 4.78 is 15.0. The molecule has 0 aliphatic rings. The minimum atomic E-state index is -0.448. The minimum Gasteiger partial charge on any atom is -0.271 e. The van der Waals surface area contributed by atoms with Crippen LogP contribution < -0.4 is 11.3 Å². The first kappa shape index (κ1) is 14.9. The van der Waals surface area contributed by atoms with Gasteiger partial charge in [0.15, 0.2) is 0 Å². The molecule has 2 aromatic rings. The molecule has 0 saturated carbocycles. The van der Waals surface area contributed by atoms with Crippen molar-refractivity contribution in [3.05, 3.63) is 46.8 Å². The first-order chi connectivity index (χ1) is 9.52. The fourth-order valence-electron chi connectivity index (χ4n) is 2.04. The van der Waals surface area contributed by atoms with E-state index in [-0.39, 0.29) is 17.1 Å². The molecule has 1 aromatic carbocycles. The van der Waals surface area contributed by atoms with Crippen molar-refractivity contribution < 1.29 is 4.39 Å². The van der Waals surface area contributed by atoms with Crippen molar-refractivity contribution in [1.29, 1.82) is 0 Å². The number of nitrogens with zero attached hydrogens (tertiary/aromatic N) is 3. The molecule has 20 heavy (non-hydrogen) atoms. The molecule has 108 valence electrons. The molecule has 3 N–H and O–H groups in total. The van der Waals surface area contributed by atoms with Crippen LogP contribution in [0.5, 0.6) is 0 Å². The molecular formula is C13H17ClFN5. The predicted molar refractivity (Wildman–Crippen MR) is 75.6 cm³/mol. The van der Waals surface area contributed by atoms with Crippen LogP contribution in [0.25, 0.3) is 0 Å². The Balaban J connectivity index is 2.24. The summed E-state index contributed by atoms with van der Waals surface area (Å²) in [5.41, 5.74) is 3.51. The number of benzene rings is 1. The van der Waals surface area contributed by atoms with Gasteiger partial charge in [-0.05, 0) is 31.5 Å². The van der Waals surface area contributed by atoms with E-state index in [1.165, 1.54) is 12.4 Å². The molecular weight excluding hydrogens is 281 g/mol. The van der Waals surface area contributed by atoms with Crippen LogP contribution >= 0.6 is 11.6 Å². The summed E-state index contributed by atoms with van der Waals surface area (Å²) in [6, 6.07) is 4.55. The van der Waals surface area contributed by atoms with Crippen LogP contribution in [0.2, 0.25) is 5.02 Å². The topological polar surface area (TPSA) is 68.8 Å². The number of nitrogens with one attached hydrogen (secondary N) is 1. The highest BCUT2D eigenvalue weighted by Crippen LogP contribution is 2.23. The zero-order chi connectivity index (χ0) is 14.7. The van der Waals surface area contributed by atoms with E-state index in [9.17, 15) is 4.39 Å². The van der Waals surface area contributed by atoms with E-state index in [1.807, 2.05) is 18.5 Å². The number of hydrogen-bond acceptors (Lipinski definition) is 4. The number of hydrazine groups is 1. The summed E-state index contributed by atoms with van der Waals surface area (Å²) in [4.78, 5) is 4.24. The van der Waals surface area contributed by atoms with Gasteiger partial charge in [0.1, 0.15) is 18.0 Å². The van der Waals surface area contributed by atoms with Gasteiger partial charge in [-0.3, -0.25) is 11.3 Å². The summed E-state index contributed by atoms with van der Waals surface area (Å²) in [6.45, 7) is 4.05. The molecule has 0 bridgehead atoms. The molecule has 0 fully saturated rings. The monoisotopic (exact) mass is 297 g/mol. The second-order valence-corrected chi connectivity index (χ2v) is 5.22. The number of nitrogens with two attached hydrogens (primary N) is 1. The normalized spacial score (nSPS) is 12.9. The van der Waals surface area contributed by atoms with Gasteiger partial charge >= 0.3 is 0 Å². The lowest BCUT2D eigenvalue weighted by Crippen LogP contribution is -2.30. The minimum absolute atomic E-state index is 0.0769. The Morgan fingerprint density at radius 1 is 1.45 bits per heavy atom. The van der Waals surface area contributed by atoms with Crippen LogP contribution in [0.4, 0.5) is 4.39 Å². The van der Waals surface area contributed by atoms with Gasteiger partial charge in [0.05, 0.1) is 11.1 Å². The third kappa shape index (κ3) is 3.15. The predicted octanol–water partition coefficient (Wildman–Crippen LogP) is 2.40. The van der Waals surface area contributed by atoms with E-state index in [0.717, 1.165) is 11.4 Å². The quantitative estimate of drug-likeness (QED) is 0.657. The highest BCUT2D eigenvalue weighted by Gasteiger charge is 2.17. The van der Waals surface area contributed by atoms with Crippen molar-refractivity contribution in [2.75, 3.05) is 0 Å². The summed E-state index contributed by atoms with van der Waals surface area (Å²) in [5, 5.41) is 4.26. The van der Waals surface area contributed by atoms with Gasteiger partial charge in [-0.2, -0.15) is 5.10 Å². The first-order valence-electron chi connectivity index (χ1n) is 6.32. The van der Waals surface area contributed by atoms with Crippen molar-refractivity contribution in [2.24, 2.45) is 5.84 Å². The number of aromatic nitrogens is 3. The standard InChI is InChI=1S/C13H17ClFN5/c1-8(2)20-13(17-7-18-20)6-12(19-16)9-3-4-11(15)10(14)5-9/h3-5,7-8,12,19H,6,16H2,1-2H3. The van der Waals surface area contributed by atoms with Gasteiger partial charge in [-0.15, -0.1) is 0 Å². The van der Waals surface area contributed by atoms with Crippen LogP contribution in [0.15, 0.2) is 24.5 Å². The Labute approximate surface area is 121 Å². The van der Waals surface area contributed by atoms with Gasteiger partial charge in [0.2, 0.25) is 0 Å². The van der Waals surface area contributed by atoms with Crippen LogP contribution in [0, 0.1) is 5.82 Å². The van der Waals surface area contributed by atoms with Crippen LogP contribution in [0.3, 0.4) is 0 Å². The van der Waals surface area contributed by atoms with Gasteiger partial charge in [-0.1, -0.05) is 17.7 Å². The fraction of sp³-hybridized carbons (Fsp3) is 0.385. The number of hydrogen-bond donors (Lipinski definition) is 2. The molecule has 0 radical (unpaired) electrons. The Kier molecular flexibility index (Phi) is 4.69. The molecule has 0 spiro atoms. The lowest BCUT2D eigenvalue weighted by atomic mass is 10.0. The van der Waals surface area contributed by atoms with E-state index in [2.05, 4.69) is 15.5 Å². The molecule has 2 rings (SSSR count). The molecule has 0 aliphatic heterocycles. The third-order valence-corrected chi connectivity index (χ3v) is 3.36. The van der Waals surface area contributed by atoms with Crippen molar-refractivity contribution in [2.45, 2.75) is 32.4 Å². The maximum atomic E-state index is 13.2. The largest absolute Gasteiger partial charge is 0.271 e. The maximum Gasteiger partial charge on any atom is 0.141 e. The molecule has 0 aliphatic carbocycles. The Hall–Kier alpha value is -1.50. The first-order valence-corrected chi connectivity index (χ1v) is 6.70. The Morgan fingerprint density at radius 3 is 2.80 bits per heavy atom. The zero-order valence-corrected chi connectivity index (χ0v) is 12.1. The lowest BCUT2D eigenvalue weighted by Gasteiger charge is -2.18. The second kappa shape index (κ2) is 6.30. The molecule has 1 unspecified atom stereocenters. The Bertz CT molecular complexity index is 584. The van der Waals surface area contributed by atoms with Crippen molar-refractivity contribution in [3.63, 3.8) is 0 Å². The molecule has 1 heterocycles. The molecule has 0 amide bonds. The fourth-order valence-corrected chi connectivity index (χ4v) is 2.23. The third-order valence-electron chi connectivity index (χ3n) is 3.07. The van der Waals surface area contributed by atoms with Crippen molar-refractivity contribution >= 4 is 11.6 Å². The average Bonchev–Trinajstić information content (AvgIpc) is 2.87.